The number of halogens is 2. The van der Waals surface area contributed by atoms with Gasteiger partial charge in [-0.05, 0) is 29.9 Å². The molecule has 3 N–H and O–H groups in total. The van der Waals surface area contributed by atoms with E-state index in [-0.39, 0.29) is 42.4 Å². The fourth-order valence-electron chi connectivity index (χ4n) is 3.00. The molecule has 30 heavy (non-hydrogen) atoms. The van der Waals surface area contributed by atoms with E-state index in [1.807, 2.05) is 13.8 Å². The number of sulfonamides is 1. The third-order valence-electron chi connectivity index (χ3n) is 4.27. The van der Waals surface area contributed by atoms with Gasteiger partial charge in [-0.1, -0.05) is 32.9 Å². The molecule has 0 bridgehead atoms. The molecule has 1 aromatic carbocycles. The van der Waals surface area contributed by atoms with Gasteiger partial charge in [0, 0.05) is 6.42 Å². The van der Waals surface area contributed by atoms with Gasteiger partial charge in [-0.25, -0.2) is 17.2 Å². The maximum Gasteiger partial charge on any atom is 0.241 e. The van der Waals surface area contributed by atoms with Crippen molar-refractivity contribution in [2.24, 2.45) is 5.92 Å². The number of aliphatic hydroxyl groups is 1. The van der Waals surface area contributed by atoms with E-state index >= 15 is 0 Å². The summed E-state index contributed by atoms with van der Waals surface area (Å²) in [6, 6.07) is 3.58. The van der Waals surface area contributed by atoms with Crippen LogP contribution < -0.4 is 10.0 Å². The second-order valence-corrected chi connectivity index (χ2v) is 9.42. The van der Waals surface area contributed by atoms with Crippen molar-refractivity contribution in [3.05, 3.63) is 41.2 Å². The third-order valence-corrected chi connectivity index (χ3v) is 4.82. The number of rotatable bonds is 10. The number of aliphatic hydroxyl groups excluding tert-OH is 1. The first-order valence-corrected chi connectivity index (χ1v) is 11.4. The lowest BCUT2D eigenvalue weighted by molar-refractivity contribution is 0.259. The second-order valence-electron chi connectivity index (χ2n) is 7.67. The quantitative estimate of drug-likeness (QED) is 0.517. The minimum atomic E-state index is -3.65. The minimum Gasteiger partial charge on any atom is -0.394 e. The third kappa shape index (κ3) is 7.13. The summed E-state index contributed by atoms with van der Waals surface area (Å²) in [4.78, 5) is 12.4. The van der Waals surface area contributed by atoms with E-state index in [9.17, 15) is 22.3 Å². The predicted octanol–water partition coefficient (Wildman–Crippen LogP) is 2.69. The van der Waals surface area contributed by atoms with Crippen molar-refractivity contribution in [2.45, 2.75) is 45.6 Å². The van der Waals surface area contributed by atoms with Gasteiger partial charge < -0.3 is 10.4 Å². The molecule has 1 heterocycles. The monoisotopic (exact) mass is 443 g/mol. The van der Waals surface area contributed by atoms with Gasteiger partial charge in [-0.15, -0.1) is 0 Å². The number of nitrogens with one attached hydrogen (secondary N) is 2. The molecule has 0 saturated heterocycles. The summed E-state index contributed by atoms with van der Waals surface area (Å²) in [6.45, 7) is 5.51. The Morgan fingerprint density at radius 3 is 2.37 bits per heavy atom. The van der Waals surface area contributed by atoms with Crippen LogP contribution in [0.15, 0.2) is 18.2 Å². The van der Waals surface area contributed by atoms with Crippen molar-refractivity contribution in [3.8, 4) is 0 Å². The van der Waals surface area contributed by atoms with E-state index in [1.54, 1.807) is 6.92 Å². The standard InChI is InChI=1S/C19H27F2N5O3S/c1-11(2)8-13(10-27)22-18-23-16(24-19(25-18)26-30(4,28)29)9-12(3)14-6-5-7-15(20)17(14)21/h5-7,11-13,27H,8-10H2,1-4H3,(H2,22,23,24,25,26). The number of aromatic nitrogens is 3. The summed E-state index contributed by atoms with van der Waals surface area (Å²) in [7, 11) is -3.65. The van der Waals surface area contributed by atoms with Gasteiger partial charge in [0.25, 0.3) is 0 Å². The lowest BCUT2D eigenvalue weighted by Crippen LogP contribution is -2.27. The SMILES string of the molecule is CC(C)CC(CO)Nc1nc(CC(C)c2cccc(F)c2F)nc(NS(C)(=O)=O)n1. The largest absolute Gasteiger partial charge is 0.394 e. The normalized spacial score (nSPS) is 13.9. The van der Waals surface area contributed by atoms with E-state index in [0.717, 1.165) is 12.3 Å². The fourth-order valence-corrected chi connectivity index (χ4v) is 3.43. The molecule has 2 rings (SSSR count). The molecule has 0 saturated carbocycles. The summed E-state index contributed by atoms with van der Waals surface area (Å²) in [6.07, 6.45) is 1.71. The lowest BCUT2D eigenvalue weighted by atomic mass is 9.97. The van der Waals surface area contributed by atoms with E-state index < -0.39 is 27.6 Å². The Morgan fingerprint density at radius 1 is 1.10 bits per heavy atom. The number of benzene rings is 1. The fraction of sp³-hybridized carbons (Fsp3) is 0.526. The zero-order valence-electron chi connectivity index (χ0n) is 17.4. The van der Waals surface area contributed by atoms with Crippen LogP contribution in [0.25, 0.3) is 0 Å². The maximum atomic E-state index is 14.1. The molecule has 0 radical (unpaired) electrons. The lowest BCUT2D eigenvalue weighted by Gasteiger charge is -2.19. The highest BCUT2D eigenvalue weighted by molar-refractivity contribution is 7.91. The molecule has 0 aliphatic rings. The number of nitrogens with zero attached hydrogens (tertiary/aromatic N) is 3. The molecule has 2 unspecified atom stereocenters. The van der Waals surface area contributed by atoms with Gasteiger partial charge in [0.05, 0.1) is 18.9 Å². The van der Waals surface area contributed by atoms with Crippen molar-refractivity contribution in [1.82, 2.24) is 15.0 Å². The van der Waals surface area contributed by atoms with E-state index in [2.05, 4.69) is 25.0 Å². The molecule has 11 heteroatoms. The van der Waals surface area contributed by atoms with Crippen LogP contribution in [0.4, 0.5) is 20.7 Å². The van der Waals surface area contributed by atoms with Gasteiger partial charge in [-0.2, -0.15) is 15.0 Å². The van der Waals surface area contributed by atoms with Crippen LogP contribution in [-0.4, -0.2) is 47.4 Å². The Labute approximate surface area is 175 Å². The Balaban J connectivity index is 2.34. The molecule has 1 aromatic heterocycles. The maximum absolute atomic E-state index is 14.1. The molecule has 166 valence electrons. The Bertz CT molecular complexity index is 973. The molecule has 0 aliphatic heterocycles. The zero-order valence-corrected chi connectivity index (χ0v) is 18.2. The Hall–Kier alpha value is -2.40. The zero-order chi connectivity index (χ0) is 22.5. The van der Waals surface area contributed by atoms with Gasteiger partial charge in [0.1, 0.15) is 5.82 Å². The molecular formula is C19H27F2N5O3S. The first-order valence-electron chi connectivity index (χ1n) is 9.52. The average molecular weight is 444 g/mol. The van der Waals surface area contributed by atoms with Crippen LogP contribution in [0.1, 0.15) is 44.5 Å². The summed E-state index contributed by atoms with van der Waals surface area (Å²) in [5.74, 6) is -2.00. The van der Waals surface area contributed by atoms with Gasteiger partial charge in [0.15, 0.2) is 11.6 Å². The number of hydrogen-bond acceptors (Lipinski definition) is 7. The highest BCUT2D eigenvalue weighted by Crippen LogP contribution is 2.24. The van der Waals surface area contributed by atoms with Crippen molar-refractivity contribution in [2.75, 3.05) is 22.9 Å². The minimum absolute atomic E-state index is 0.0813. The van der Waals surface area contributed by atoms with Crippen LogP contribution in [0.5, 0.6) is 0 Å². The van der Waals surface area contributed by atoms with Crippen molar-refractivity contribution < 1.29 is 22.3 Å². The van der Waals surface area contributed by atoms with Crippen LogP contribution in [-0.2, 0) is 16.4 Å². The van der Waals surface area contributed by atoms with Gasteiger partial charge >= 0.3 is 0 Å². The molecular weight excluding hydrogens is 416 g/mol. The van der Waals surface area contributed by atoms with E-state index in [1.165, 1.54) is 12.1 Å². The first-order chi connectivity index (χ1) is 14.0. The van der Waals surface area contributed by atoms with Gasteiger partial charge in [0.2, 0.25) is 21.9 Å². The Kier molecular flexibility index (Phi) is 8.02. The summed E-state index contributed by atoms with van der Waals surface area (Å²) in [5, 5.41) is 12.6. The first kappa shape index (κ1) is 23.9. The van der Waals surface area contributed by atoms with Crippen LogP contribution in [0, 0.1) is 17.6 Å². The van der Waals surface area contributed by atoms with Gasteiger partial charge in [-0.3, -0.25) is 4.72 Å². The number of hydrogen-bond donors (Lipinski definition) is 3. The van der Waals surface area contributed by atoms with Crippen LogP contribution in [0.2, 0.25) is 0 Å². The molecule has 2 aromatic rings. The average Bonchev–Trinajstić information content (AvgIpc) is 2.61. The van der Waals surface area contributed by atoms with Crippen molar-refractivity contribution in [1.29, 1.82) is 0 Å². The smallest absolute Gasteiger partial charge is 0.241 e. The molecule has 2 atom stereocenters. The van der Waals surface area contributed by atoms with Crippen molar-refractivity contribution >= 4 is 21.9 Å². The summed E-state index contributed by atoms with van der Waals surface area (Å²) in [5.41, 5.74) is 0.163. The Morgan fingerprint density at radius 2 is 1.77 bits per heavy atom. The molecule has 0 spiro atoms. The van der Waals surface area contributed by atoms with Crippen LogP contribution >= 0.6 is 0 Å². The summed E-state index contributed by atoms with van der Waals surface area (Å²) >= 11 is 0. The van der Waals surface area contributed by atoms with E-state index in [0.29, 0.717) is 12.3 Å². The van der Waals surface area contributed by atoms with Crippen LogP contribution in [0.3, 0.4) is 0 Å². The van der Waals surface area contributed by atoms with Crippen molar-refractivity contribution in [3.63, 3.8) is 0 Å². The highest BCUT2D eigenvalue weighted by Gasteiger charge is 2.19. The predicted molar refractivity (Wildman–Crippen MR) is 111 cm³/mol. The topological polar surface area (TPSA) is 117 Å². The molecule has 0 fully saturated rings. The molecule has 8 nitrogen and oxygen atoms in total. The molecule has 0 aliphatic carbocycles. The van der Waals surface area contributed by atoms with E-state index in [4.69, 9.17) is 0 Å². The number of anilines is 2. The molecule has 0 amide bonds. The highest BCUT2D eigenvalue weighted by atomic mass is 32.2. The second kappa shape index (κ2) is 10.1. The summed E-state index contributed by atoms with van der Waals surface area (Å²) < 4.78 is 53.1.